The zero-order valence-corrected chi connectivity index (χ0v) is 18.9. The van der Waals surface area contributed by atoms with Gasteiger partial charge in [-0.1, -0.05) is 17.8 Å². The second-order valence-corrected chi connectivity index (χ2v) is 7.83. The van der Waals surface area contributed by atoms with Crippen LogP contribution in [0.15, 0.2) is 46.2 Å². The lowest BCUT2D eigenvalue weighted by molar-refractivity contribution is -0.114. The van der Waals surface area contributed by atoms with E-state index in [9.17, 15) is 9.59 Å². The molecule has 0 unspecified atom stereocenters. The molecule has 8 heteroatoms. The Bertz CT molecular complexity index is 1010. The SMILES string of the molecule is CCOc1ccc(/C=C2/Sc3ccc(C(=O)NCCOC)cc3N(C)C2=O)cc1OC. The maximum absolute atomic E-state index is 13.0. The number of anilines is 1. The molecule has 1 N–H and O–H groups in total. The van der Waals surface area contributed by atoms with E-state index in [0.29, 0.717) is 47.4 Å². The van der Waals surface area contributed by atoms with Crippen molar-refractivity contribution in [1.82, 2.24) is 5.32 Å². The van der Waals surface area contributed by atoms with Crippen molar-refractivity contribution in [3.63, 3.8) is 0 Å². The van der Waals surface area contributed by atoms with Gasteiger partial charge in [0.1, 0.15) is 0 Å². The van der Waals surface area contributed by atoms with Crippen LogP contribution in [0, 0.1) is 0 Å². The largest absolute Gasteiger partial charge is 0.493 e. The fourth-order valence-corrected chi connectivity index (χ4v) is 4.20. The summed E-state index contributed by atoms with van der Waals surface area (Å²) in [5.74, 6) is 0.937. The van der Waals surface area contributed by atoms with Crippen LogP contribution in [-0.2, 0) is 9.53 Å². The second kappa shape index (κ2) is 10.4. The number of hydrogen-bond donors (Lipinski definition) is 1. The molecule has 7 nitrogen and oxygen atoms in total. The summed E-state index contributed by atoms with van der Waals surface area (Å²) < 4.78 is 15.9. The van der Waals surface area contributed by atoms with Crippen molar-refractivity contribution >= 4 is 35.3 Å². The molecule has 2 aromatic rings. The first-order valence-corrected chi connectivity index (χ1v) is 10.7. The molecule has 0 atom stereocenters. The van der Waals surface area contributed by atoms with Crippen molar-refractivity contribution in [3.05, 3.63) is 52.4 Å². The second-order valence-electron chi connectivity index (χ2n) is 6.75. The Labute approximate surface area is 186 Å². The first-order chi connectivity index (χ1) is 15.0. The van der Waals surface area contributed by atoms with E-state index >= 15 is 0 Å². The van der Waals surface area contributed by atoms with Gasteiger partial charge in [0, 0.05) is 31.2 Å². The summed E-state index contributed by atoms with van der Waals surface area (Å²) in [4.78, 5) is 28.3. The third-order valence-electron chi connectivity index (χ3n) is 4.69. The molecule has 0 fully saturated rings. The van der Waals surface area contributed by atoms with E-state index in [4.69, 9.17) is 14.2 Å². The Morgan fingerprint density at radius 3 is 2.68 bits per heavy atom. The van der Waals surface area contributed by atoms with Gasteiger partial charge in [0.05, 0.1) is 30.9 Å². The lowest BCUT2D eigenvalue weighted by atomic mass is 10.1. The zero-order valence-electron chi connectivity index (χ0n) is 18.1. The number of methoxy groups -OCH3 is 2. The molecule has 1 aliphatic heterocycles. The van der Waals surface area contributed by atoms with Crippen LogP contribution in [0.1, 0.15) is 22.8 Å². The van der Waals surface area contributed by atoms with E-state index in [1.165, 1.54) is 11.8 Å². The van der Waals surface area contributed by atoms with E-state index < -0.39 is 0 Å². The average Bonchev–Trinajstić information content (AvgIpc) is 2.78. The lowest BCUT2D eigenvalue weighted by Gasteiger charge is -2.27. The molecule has 0 saturated heterocycles. The monoisotopic (exact) mass is 442 g/mol. The quantitative estimate of drug-likeness (QED) is 0.497. The molecule has 1 aliphatic rings. The van der Waals surface area contributed by atoms with Crippen molar-refractivity contribution in [2.24, 2.45) is 0 Å². The van der Waals surface area contributed by atoms with Crippen LogP contribution < -0.4 is 19.7 Å². The summed E-state index contributed by atoms with van der Waals surface area (Å²) in [5.41, 5.74) is 2.04. The number of ether oxygens (including phenoxy) is 3. The van der Waals surface area contributed by atoms with Crippen molar-refractivity contribution in [1.29, 1.82) is 0 Å². The third-order valence-corrected chi connectivity index (χ3v) is 5.77. The van der Waals surface area contributed by atoms with Crippen molar-refractivity contribution in [2.45, 2.75) is 11.8 Å². The van der Waals surface area contributed by atoms with Crippen molar-refractivity contribution in [2.75, 3.05) is 45.9 Å². The van der Waals surface area contributed by atoms with E-state index in [1.807, 2.05) is 37.3 Å². The molecule has 0 bridgehead atoms. The number of rotatable bonds is 8. The van der Waals surface area contributed by atoms with Gasteiger partial charge < -0.3 is 24.4 Å². The Morgan fingerprint density at radius 2 is 1.97 bits per heavy atom. The van der Waals surface area contributed by atoms with Crippen LogP contribution in [0.25, 0.3) is 6.08 Å². The number of amides is 2. The summed E-state index contributed by atoms with van der Waals surface area (Å²) in [6.45, 7) is 3.32. The van der Waals surface area contributed by atoms with Crippen LogP contribution in [0.3, 0.4) is 0 Å². The number of likely N-dealkylation sites (N-methyl/N-ethyl adjacent to an activating group) is 1. The number of nitrogens with one attached hydrogen (secondary N) is 1. The minimum atomic E-state index is -0.200. The predicted octanol–water partition coefficient (Wildman–Crippen LogP) is 3.58. The van der Waals surface area contributed by atoms with Crippen LogP contribution >= 0.6 is 11.8 Å². The Balaban J connectivity index is 1.85. The number of nitrogens with zero attached hydrogens (tertiary/aromatic N) is 1. The number of hydrogen-bond acceptors (Lipinski definition) is 6. The summed E-state index contributed by atoms with van der Waals surface area (Å²) in [6, 6.07) is 10.9. The Kier molecular flexibility index (Phi) is 7.59. The molecule has 2 aromatic carbocycles. The summed E-state index contributed by atoms with van der Waals surface area (Å²) in [7, 11) is 4.87. The lowest BCUT2D eigenvalue weighted by Crippen LogP contribution is -2.31. The van der Waals surface area contributed by atoms with Crippen LogP contribution in [0.2, 0.25) is 0 Å². The minimum absolute atomic E-state index is 0.137. The fourth-order valence-electron chi connectivity index (χ4n) is 3.10. The molecule has 164 valence electrons. The van der Waals surface area contributed by atoms with Crippen LogP contribution in [0.4, 0.5) is 5.69 Å². The van der Waals surface area contributed by atoms with Gasteiger partial charge in [-0.15, -0.1) is 0 Å². The first kappa shape index (κ1) is 22.7. The van der Waals surface area contributed by atoms with Gasteiger partial charge in [-0.3, -0.25) is 9.59 Å². The van der Waals surface area contributed by atoms with Crippen molar-refractivity contribution < 1.29 is 23.8 Å². The standard InChI is InChI=1S/C23H26N2O5S/c1-5-30-18-8-6-15(12-19(18)29-4)13-21-23(27)25(2)17-14-16(7-9-20(17)31-21)22(26)24-10-11-28-3/h6-9,12-14H,5,10-11H2,1-4H3,(H,24,26)/b21-13+. The minimum Gasteiger partial charge on any atom is -0.493 e. The molecule has 0 aliphatic carbocycles. The van der Waals surface area contributed by atoms with E-state index in [-0.39, 0.29) is 11.8 Å². The molecular weight excluding hydrogens is 416 g/mol. The topological polar surface area (TPSA) is 77.1 Å². The molecule has 0 saturated carbocycles. The number of carbonyl (C=O) groups is 2. The molecular formula is C23H26N2O5S. The number of benzene rings is 2. The highest BCUT2D eigenvalue weighted by molar-refractivity contribution is 8.04. The molecule has 2 amide bonds. The van der Waals surface area contributed by atoms with Gasteiger partial charge in [0.25, 0.3) is 11.8 Å². The summed E-state index contributed by atoms with van der Waals surface area (Å²) in [6.07, 6.45) is 1.83. The highest BCUT2D eigenvalue weighted by Crippen LogP contribution is 2.42. The van der Waals surface area contributed by atoms with Gasteiger partial charge in [-0.2, -0.15) is 0 Å². The van der Waals surface area contributed by atoms with Gasteiger partial charge >= 0.3 is 0 Å². The molecule has 31 heavy (non-hydrogen) atoms. The average molecular weight is 443 g/mol. The molecule has 3 rings (SSSR count). The number of thioether (sulfide) groups is 1. The number of fused-ring (bicyclic) bond motifs is 1. The van der Waals surface area contributed by atoms with Gasteiger partial charge in [-0.25, -0.2) is 0 Å². The maximum atomic E-state index is 13.0. The van der Waals surface area contributed by atoms with Gasteiger partial charge in [0.2, 0.25) is 0 Å². The highest BCUT2D eigenvalue weighted by atomic mass is 32.2. The smallest absolute Gasteiger partial charge is 0.264 e. The molecule has 0 aromatic heterocycles. The normalized spacial score (nSPS) is 14.4. The van der Waals surface area contributed by atoms with E-state index in [0.717, 1.165) is 10.5 Å². The van der Waals surface area contributed by atoms with Crippen LogP contribution in [-0.4, -0.2) is 52.8 Å². The Hall–Kier alpha value is -2.97. The van der Waals surface area contributed by atoms with E-state index in [1.54, 1.807) is 38.3 Å². The van der Waals surface area contributed by atoms with Crippen molar-refractivity contribution in [3.8, 4) is 11.5 Å². The van der Waals surface area contributed by atoms with Gasteiger partial charge in [0.15, 0.2) is 11.5 Å². The zero-order chi connectivity index (χ0) is 22.4. The van der Waals surface area contributed by atoms with E-state index in [2.05, 4.69) is 5.32 Å². The Morgan fingerprint density at radius 1 is 1.16 bits per heavy atom. The highest BCUT2D eigenvalue weighted by Gasteiger charge is 2.27. The summed E-state index contributed by atoms with van der Waals surface area (Å²) >= 11 is 1.38. The summed E-state index contributed by atoms with van der Waals surface area (Å²) in [5, 5.41) is 2.79. The first-order valence-electron chi connectivity index (χ1n) is 9.88. The molecule has 1 heterocycles. The third kappa shape index (κ3) is 5.21. The maximum Gasteiger partial charge on any atom is 0.264 e. The molecule has 0 spiro atoms. The number of carbonyl (C=O) groups excluding carboxylic acids is 2. The van der Waals surface area contributed by atoms with Crippen LogP contribution in [0.5, 0.6) is 11.5 Å². The predicted molar refractivity (Wildman–Crippen MR) is 122 cm³/mol. The fraction of sp³-hybridized carbons (Fsp3) is 0.304. The van der Waals surface area contributed by atoms with Gasteiger partial charge in [-0.05, 0) is 48.9 Å². The molecule has 0 radical (unpaired) electrons.